The molecule has 6 atom stereocenters. The highest BCUT2D eigenvalue weighted by molar-refractivity contribution is 6.03. The second-order valence-electron chi connectivity index (χ2n) is 15.9. The third-order valence-electron chi connectivity index (χ3n) is 12.2. The molecule has 1 amide bonds. The van der Waals surface area contributed by atoms with Crippen LogP contribution in [0.15, 0.2) is 127 Å². The predicted molar refractivity (Wildman–Crippen MR) is 233 cm³/mol. The minimum absolute atomic E-state index is 0.0320. The molecule has 322 valence electrons. The summed E-state index contributed by atoms with van der Waals surface area (Å²) in [6.45, 7) is 6.58. The van der Waals surface area contributed by atoms with Gasteiger partial charge in [-0.2, -0.15) is 0 Å². The van der Waals surface area contributed by atoms with E-state index in [1.54, 1.807) is 23.1 Å². The number of rotatable bonds is 19. The largest absolute Gasteiger partial charge is 0.459 e. The number of carbonyl (C=O) groups excluding carboxylic acids is 1. The van der Waals surface area contributed by atoms with Crippen LogP contribution in [0.3, 0.4) is 0 Å². The average Bonchev–Trinajstić information content (AvgIpc) is 3.29. The Balaban J connectivity index is 1.40. The summed E-state index contributed by atoms with van der Waals surface area (Å²) in [4.78, 5) is 21.5. The van der Waals surface area contributed by atoms with Crippen molar-refractivity contribution in [3.05, 3.63) is 138 Å². The van der Waals surface area contributed by atoms with Crippen LogP contribution in [0, 0.1) is 23.6 Å². The van der Waals surface area contributed by atoms with Crippen molar-refractivity contribution in [3.8, 4) is 28.4 Å². The summed E-state index contributed by atoms with van der Waals surface area (Å²) < 4.78 is 40.5. The van der Waals surface area contributed by atoms with Crippen molar-refractivity contribution in [1.82, 2.24) is 4.90 Å². The van der Waals surface area contributed by atoms with Gasteiger partial charge in [0.2, 0.25) is 5.79 Å². The number of hydrogen-bond donors (Lipinski definition) is 2. The van der Waals surface area contributed by atoms with E-state index < -0.39 is 23.8 Å². The van der Waals surface area contributed by atoms with Crippen molar-refractivity contribution in [2.24, 2.45) is 22.9 Å². The molecule has 10 nitrogen and oxygen atoms in total. The van der Waals surface area contributed by atoms with E-state index in [4.69, 9.17) is 28.9 Å². The number of hydrogen-bond acceptors (Lipinski definition) is 9. The molecule has 0 radical (unpaired) electrons. The van der Waals surface area contributed by atoms with Crippen molar-refractivity contribution in [2.45, 2.75) is 76.2 Å². The maximum Gasteiger partial charge on any atom is 0.410 e. The lowest BCUT2D eigenvalue weighted by Crippen LogP contribution is -2.70. The number of nitrogens with zero attached hydrogens (tertiary/aromatic N) is 2. The summed E-state index contributed by atoms with van der Waals surface area (Å²) >= 11 is 0. The number of allylic oxidation sites excluding steroid dienone is 1. The Bertz CT molecular complexity index is 2140. The van der Waals surface area contributed by atoms with Crippen molar-refractivity contribution >= 4 is 11.8 Å². The molecular weight excluding hydrogens is 776 g/mol. The van der Waals surface area contributed by atoms with Gasteiger partial charge in [-0.25, -0.2) is 9.18 Å². The molecule has 1 heterocycles. The summed E-state index contributed by atoms with van der Waals surface area (Å²) in [6, 6.07) is 29.3. The molecule has 1 saturated carbocycles. The molecule has 0 bridgehead atoms. The van der Waals surface area contributed by atoms with Crippen LogP contribution in [-0.4, -0.2) is 72.3 Å². The van der Waals surface area contributed by atoms with E-state index in [1.807, 2.05) is 61.5 Å². The smallest absolute Gasteiger partial charge is 0.410 e. The van der Waals surface area contributed by atoms with Gasteiger partial charge in [-0.3, -0.25) is 4.90 Å². The third kappa shape index (κ3) is 9.54. The maximum atomic E-state index is 14.1. The molecule has 11 heteroatoms. The quantitative estimate of drug-likeness (QED) is 0.0545. The molecule has 0 spiro atoms. The number of aliphatic hydroxyl groups excluding tert-OH is 2. The second kappa shape index (κ2) is 20.4. The van der Waals surface area contributed by atoms with Crippen LogP contribution in [-0.2, 0) is 20.9 Å². The highest BCUT2D eigenvalue weighted by Crippen LogP contribution is 2.62. The first-order valence-corrected chi connectivity index (χ1v) is 21.5. The molecular formula is C50H57FN2O8. The number of benzene rings is 4. The highest BCUT2D eigenvalue weighted by Gasteiger charge is 2.65. The van der Waals surface area contributed by atoms with Crippen molar-refractivity contribution < 1.29 is 43.2 Å². The zero-order valence-electron chi connectivity index (χ0n) is 35.1. The zero-order chi connectivity index (χ0) is 42.8. The van der Waals surface area contributed by atoms with Gasteiger partial charge in [-0.15, -0.1) is 6.58 Å². The lowest BCUT2D eigenvalue weighted by Gasteiger charge is -2.59. The first-order chi connectivity index (χ1) is 29.8. The van der Waals surface area contributed by atoms with Crippen LogP contribution in [0.4, 0.5) is 9.18 Å². The van der Waals surface area contributed by atoms with Gasteiger partial charge in [0.25, 0.3) is 0 Å². The van der Waals surface area contributed by atoms with Crippen LogP contribution in [0.2, 0.25) is 0 Å². The number of oxime groups is 1. The van der Waals surface area contributed by atoms with E-state index >= 15 is 0 Å². The first kappa shape index (κ1) is 43.6. The predicted octanol–water partition coefficient (Wildman–Crippen LogP) is 10.2. The van der Waals surface area contributed by atoms with E-state index in [0.29, 0.717) is 48.0 Å². The molecule has 4 aromatic rings. The van der Waals surface area contributed by atoms with Gasteiger partial charge in [0.05, 0.1) is 25.3 Å². The number of amides is 1. The number of unbranched alkanes of at least 4 members (excludes halogenated alkanes) is 2. The van der Waals surface area contributed by atoms with Gasteiger partial charge in [-0.1, -0.05) is 84.7 Å². The molecule has 0 aromatic heterocycles. The topological polar surface area (TPSA) is 119 Å². The summed E-state index contributed by atoms with van der Waals surface area (Å²) in [5.74, 6) is -0.586. The van der Waals surface area contributed by atoms with E-state index in [1.165, 1.54) is 19.2 Å². The molecule has 3 aliphatic rings. The average molecular weight is 833 g/mol. The monoisotopic (exact) mass is 832 g/mol. The van der Waals surface area contributed by atoms with Crippen molar-refractivity contribution in [3.63, 3.8) is 0 Å². The van der Waals surface area contributed by atoms with Gasteiger partial charge in [0.1, 0.15) is 35.7 Å². The fraction of sp³-hybridized carbons (Fsp3) is 0.400. The maximum absolute atomic E-state index is 14.1. The number of carbonyl (C=O) groups is 1. The van der Waals surface area contributed by atoms with Gasteiger partial charge in [0, 0.05) is 37.7 Å². The zero-order valence-corrected chi connectivity index (χ0v) is 35.1. The SMILES string of the molecule is C=CCO[C@@]12Oc3ccc(Oc4ccc(-c5ccccc5)cc4)cc3[C@H]3[C@H](CCCCO)[C@@H](CCCCO)C=C(C(=NOCC)C[C@@H]1N(Cc1ccc(F)cc1)C(=O)OC)[C@H]32. The Morgan fingerprint density at radius 2 is 1.64 bits per heavy atom. The minimum Gasteiger partial charge on any atom is -0.459 e. The normalized spacial score (nSPS) is 23.2. The molecule has 61 heavy (non-hydrogen) atoms. The third-order valence-corrected chi connectivity index (χ3v) is 12.2. The molecule has 0 unspecified atom stereocenters. The van der Waals surface area contributed by atoms with Crippen molar-refractivity contribution in [2.75, 3.05) is 33.5 Å². The summed E-state index contributed by atoms with van der Waals surface area (Å²) in [5.41, 5.74) is 5.42. The summed E-state index contributed by atoms with van der Waals surface area (Å²) in [6.07, 6.45) is 8.10. The van der Waals surface area contributed by atoms with E-state index in [0.717, 1.165) is 47.9 Å². The number of aliphatic hydroxyl groups is 2. The standard InChI is InChI=1S/C50H57FN2O8/c1-4-29-58-50-46(53(49(56)57-3)33-34-17-21-38(51)22-18-34)32-44(52-59-5-2)42-30-37(15-9-11-27-54)41(16-10-12-28-55)47(48(42)50)43-31-40(25-26-45(43)61-50)60-39-23-19-36(20-24-39)35-13-7-6-8-14-35/h4,6-8,13-14,17-26,30-31,37,41,46-48,54-55H,1,5,9-12,15-16,27-29,32-33H2,2-3H3/t37-,41+,46-,47+,48+,50+/m0/s1. The molecule has 2 aliphatic carbocycles. The van der Waals surface area contributed by atoms with Crippen LogP contribution >= 0.6 is 0 Å². The van der Waals surface area contributed by atoms with Crippen LogP contribution in [0.5, 0.6) is 17.2 Å². The fourth-order valence-electron chi connectivity index (χ4n) is 9.54. The lowest BCUT2D eigenvalue weighted by molar-refractivity contribution is -0.256. The lowest BCUT2D eigenvalue weighted by atomic mass is 9.55. The summed E-state index contributed by atoms with van der Waals surface area (Å²) in [5, 5.41) is 24.6. The van der Waals surface area contributed by atoms with Crippen LogP contribution in [0.25, 0.3) is 11.1 Å². The Morgan fingerprint density at radius 1 is 0.934 bits per heavy atom. The Labute approximate surface area is 358 Å². The number of methoxy groups -OCH3 is 1. The number of halogens is 1. The second-order valence-corrected chi connectivity index (χ2v) is 15.9. The number of ether oxygens (including phenoxy) is 4. The van der Waals surface area contributed by atoms with E-state index in [2.05, 4.69) is 30.9 Å². The minimum atomic E-state index is -1.47. The van der Waals surface area contributed by atoms with Crippen LogP contribution in [0.1, 0.15) is 68.9 Å². The molecule has 4 aromatic carbocycles. The Morgan fingerprint density at radius 3 is 2.33 bits per heavy atom. The van der Waals surface area contributed by atoms with Gasteiger partial charge in [-0.05, 0) is 109 Å². The highest BCUT2D eigenvalue weighted by atomic mass is 19.1. The summed E-state index contributed by atoms with van der Waals surface area (Å²) in [7, 11) is 1.34. The molecule has 7 rings (SSSR count). The molecule has 1 aliphatic heterocycles. The van der Waals surface area contributed by atoms with Crippen molar-refractivity contribution in [1.29, 1.82) is 0 Å². The molecule has 2 N–H and O–H groups in total. The Kier molecular flexibility index (Phi) is 14.6. The molecule has 0 saturated heterocycles. The van der Waals surface area contributed by atoms with Crippen LogP contribution < -0.4 is 9.47 Å². The van der Waals surface area contributed by atoms with Gasteiger partial charge < -0.3 is 34.0 Å². The first-order valence-electron chi connectivity index (χ1n) is 21.5. The Hall–Kier alpha value is -5.49. The van der Waals surface area contributed by atoms with E-state index in [9.17, 15) is 19.4 Å². The van der Waals surface area contributed by atoms with Gasteiger partial charge in [0.15, 0.2) is 0 Å². The fourth-order valence-corrected chi connectivity index (χ4v) is 9.54. The van der Waals surface area contributed by atoms with E-state index in [-0.39, 0.29) is 56.4 Å². The number of fused-ring (bicyclic) bond motifs is 2. The van der Waals surface area contributed by atoms with Gasteiger partial charge >= 0.3 is 6.09 Å². The molecule has 1 fully saturated rings.